The third-order valence-electron chi connectivity index (χ3n) is 2.02. The molecule has 0 amide bonds. The summed E-state index contributed by atoms with van der Waals surface area (Å²) in [5.74, 6) is -0.0450. The first-order valence-electron chi connectivity index (χ1n) is 4.51. The van der Waals surface area contributed by atoms with Crippen LogP contribution in [0.4, 0.5) is 5.69 Å². The second-order valence-corrected chi connectivity index (χ2v) is 3.21. The molecule has 0 bridgehead atoms. The van der Waals surface area contributed by atoms with Crippen LogP contribution in [0.15, 0.2) is 41.3 Å². The molecule has 15 heavy (non-hydrogen) atoms. The number of hydrogen-bond acceptors (Lipinski definition) is 4. The van der Waals surface area contributed by atoms with E-state index in [4.69, 9.17) is 10.2 Å². The first-order valence-corrected chi connectivity index (χ1v) is 4.51. The molecule has 2 heterocycles. The Hall–Kier alpha value is -2.10. The van der Waals surface area contributed by atoms with E-state index in [-0.39, 0.29) is 5.78 Å². The molecule has 0 aromatic carbocycles. The fourth-order valence-corrected chi connectivity index (χ4v) is 1.24. The summed E-state index contributed by atoms with van der Waals surface area (Å²) in [6.45, 7) is 0. The van der Waals surface area contributed by atoms with Crippen LogP contribution in [0.25, 0.3) is 0 Å². The Labute approximate surface area is 86.7 Å². The summed E-state index contributed by atoms with van der Waals surface area (Å²) in [6.07, 6.45) is 4.87. The summed E-state index contributed by atoms with van der Waals surface area (Å²) < 4.78 is 4.88. The molecule has 0 radical (unpaired) electrons. The van der Waals surface area contributed by atoms with Crippen molar-refractivity contribution in [2.45, 2.75) is 6.42 Å². The fraction of sp³-hybridized carbons (Fsp3) is 0.0909. The van der Waals surface area contributed by atoms with E-state index < -0.39 is 0 Å². The Morgan fingerprint density at radius 3 is 2.87 bits per heavy atom. The van der Waals surface area contributed by atoms with Crippen LogP contribution in [0.3, 0.4) is 0 Å². The topological polar surface area (TPSA) is 69.1 Å². The zero-order chi connectivity index (χ0) is 10.7. The Morgan fingerprint density at radius 1 is 1.40 bits per heavy atom. The van der Waals surface area contributed by atoms with Crippen LogP contribution >= 0.6 is 0 Å². The van der Waals surface area contributed by atoms with Gasteiger partial charge in [-0.15, -0.1) is 0 Å². The third-order valence-corrected chi connectivity index (χ3v) is 2.02. The lowest BCUT2D eigenvalue weighted by Crippen LogP contribution is -2.05. The summed E-state index contributed by atoms with van der Waals surface area (Å²) in [5.41, 5.74) is 7.29. The van der Waals surface area contributed by atoms with E-state index in [2.05, 4.69) is 4.98 Å². The summed E-state index contributed by atoms with van der Waals surface area (Å²) in [7, 11) is 0. The van der Waals surface area contributed by atoms with E-state index >= 15 is 0 Å². The van der Waals surface area contributed by atoms with Crippen LogP contribution in [-0.2, 0) is 6.42 Å². The van der Waals surface area contributed by atoms with Gasteiger partial charge in [0, 0.05) is 6.42 Å². The predicted molar refractivity (Wildman–Crippen MR) is 55.4 cm³/mol. The molecule has 2 aromatic rings. The highest BCUT2D eigenvalue weighted by atomic mass is 16.3. The number of rotatable bonds is 3. The highest BCUT2D eigenvalue weighted by Gasteiger charge is 2.08. The van der Waals surface area contributed by atoms with Crippen LogP contribution in [0, 0.1) is 0 Å². The maximum absolute atomic E-state index is 11.7. The zero-order valence-corrected chi connectivity index (χ0v) is 8.01. The smallest absolute Gasteiger partial charge is 0.185 e. The summed E-state index contributed by atoms with van der Waals surface area (Å²) in [5, 5.41) is 0. The lowest BCUT2D eigenvalue weighted by atomic mass is 10.1. The van der Waals surface area contributed by atoms with Gasteiger partial charge in [0.05, 0.1) is 24.4 Å². The number of furan rings is 1. The first kappa shape index (κ1) is 9.45. The molecule has 2 aromatic heterocycles. The van der Waals surface area contributed by atoms with Crippen LogP contribution < -0.4 is 5.73 Å². The molecule has 76 valence electrons. The SMILES string of the molecule is Nc1ccc(C(=O)Cc2ccoc2)nc1. The van der Waals surface area contributed by atoms with Crippen molar-refractivity contribution in [3.8, 4) is 0 Å². The molecule has 2 rings (SSSR count). The lowest BCUT2D eigenvalue weighted by molar-refractivity contribution is 0.0988. The molecule has 0 saturated heterocycles. The molecule has 0 atom stereocenters. The number of Topliss-reactive ketones (excluding diaryl/α,β-unsaturated/α-hetero) is 1. The van der Waals surface area contributed by atoms with Gasteiger partial charge in [0.25, 0.3) is 0 Å². The van der Waals surface area contributed by atoms with Gasteiger partial charge < -0.3 is 10.2 Å². The Balaban J connectivity index is 2.11. The van der Waals surface area contributed by atoms with Crippen LogP contribution in [0.1, 0.15) is 16.1 Å². The molecule has 0 aliphatic heterocycles. The molecule has 0 aliphatic carbocycles. The van der Waals surface area contributed by atoms with Gasteiger partial charge in [-0.05, 0) is 23.8 Å². The van der Waals surface area contributed by atoms with E-state index in [1.807, 2.05) is 0 Å². The minimum Gasteiger partial charge on any atom is -0.472 e. The number of carbonyl (C=O) groups excluding carboxylic acids is 1. The first-order chi connectivity index (χ1) is 7.25. The second-order valence-electron chi connectivity index (χ2n) is 3.21. The molecule has 0 saturated carbocycles. The molecule has 0 unspecified atom stereocenters. The van der Waals surface area contributed by atoms with Crippen molar-refractivity contribution in [2.24, 2.45) is 0 Å². The number of pyridine rings is 1. The van der Waals surface area contributed by atoms with Crippen molar-refractivity contribution in [1.29, 1.82) is 0 Å². The zero-order valence-electron chi connectivity index (χ0n) is 8.01. The molecule has 0 aliphatic rings. The van der Waals surface area contributed by atoms with Gasteiger partial charge in [-0.2, -0.15) is 0 Å². The minimum absolute atomic E-state index is 0.0450. The number of aromatic nitrogens is 1. The van der Waals surface area contributed by atoms with Crippen molar-refractivity contribution in [1.82, 2.24) is 4.98 Å². The molecule has 4 heteroatoms. The summed E-state index contributed by atoms with van der Waals surface area (Å²) >= 11 is 0. The number of nitrogens with two attached hydrogens (primary N) is 1. The van der Waals surface area contributed by atoms with Crippen LogP contribution in [0.2, 0.25) is 0 Å². The van der Waals surface area contributed by atoms with Crippen molar-refractivity contribution in [2.75, 3.05) is 5.73 Å². The number of carbonyl (C=O) groups is 1. The van der Waals surface area contributed by atoms with Crippen LogP contribution in [-0.4, -0.2) is 10.8 Å². The standard InChI is InChI=1S/C11H10N2O2/c12-9-1-2-10(13-6-9)11(14)5-8-3-4-15-7-8/h1-4,6-7H,5,12H2. The largest absolute Gasteiger partial charge is 0.472 e. The van der Waals surface area contributed by atoms with Gasteiger partial charge in [0.15, 0.2) is 5.78 Å². The average molecular weight is 202 g/mol. The van der Waals surface area contributed by atoms with Gasteiger partial charge in [-0.3, -0.25) is 9.78 Å². The molecule has 0 fully saturated rings. The van der Waals surface area contributed by atoms with Crippen molar-refractivity contribution < 1.29 is 9.21 Å². The van der Waals surface area contributed by atoms with Crippen molar-refractivity contribution >= 4 is 11.5 Å². The molecule has 4 nitrogen and oxygen atoms in total. The highest BCUT2D eigenvalue weighted by Crippen LogP contribution is 2.07. The maximum atomic E-state index is 11.7. The monoisotopic (exact) mass is 202 g/mol. The molecular formula is C11H10N2O2. The highest BCUT2D eigenvalue weighted by molar-refractivity contribution is 5.95. The van der Waals surface area contributed by atoms with Gasteiger partial charge in [-0.1, -0.05) is 0 Å². The van der Waals surface area contributed by atoms with E-state index in [1.165, 1.54) is 6.20 Å². The second kappa shape index (κ2) is 3.96. The van der Waals surface area contributed by atoms with Gasteiger partial charge in [-0.25, -0.2) is 0 Å². The molecular weight excluding hydrogens is 192 g/mol. The quantitative estimate of drug-likeness (QED) is 0.769. The normalized spacial score (nSPS) is 10.1. The van der Waals surface area contributed by atoms with Gasteiger partial charge >= 0.3 is 0 Å². The van der Waals surface area contributed by atoms with E-state index in [0.29, 0.717) is 17.8 Å². The number of nitrogen functional groups attached to an aromatic ring is 1. The third kappa shape index (κ3) is 2.22. The predicted octanol–water partition coefficient (Wildman–Crippen LogP) is 1.68. The van der Waals surface area contributed by atoms with E-state index in [0.717, 1.165) is 5.56 Å². The number of anilines is 1. The maximum Gasteiger partial charge on any atom is 0.185 e. The van der Waals surface area contributed by atoms with E-state index in [9.17, 15) is 4.79 Å². The summed E-state index contributed by atoms with van der Waals surface area (Å²) in [4.78, 5) is 15.6. The van der Waals surface area contributed by atoms with Crippen molar-refractivity contribution in [3.05, 3.63) is 48.2 Å². The molecule has 0 spiro atoms. The minimum atomic E-state index is -0.0450. The Morgan fingerprint density at radius 2 is 2.27 bits per heavy atom. The number of ketones is 1. The van der Waals surface area contributed by atoms with Crippen molar-refractivity contribution in [3.63, 3.8) is 0 Å². The Bertz CT molecular complexity index is 446. The van der Waals surface area contributed by atoms with Gasteiger partial charge in [0.2, 0.25) is 0 Å². The lowest BCUT2D eigenvalue weighted by Gasteiger charge is -1.98. The Kier molecular flexibility index (Phi) is 2.49. The van der Waals surface area contributed by atoms with Gasteiger partial charge in [0.1, 0.15) is 5.69 Å². The summed E-state index contributed by atoms with van der Waals surface area (Å²) in [6, 6.07) is 5.04. The number of hydrogen-bond donors (Lipinski definition) is 1. The average Bonchev–Trinajstić information content (AvgIpc) is 2.71. The van der Waals surface area contributed by atoms with E-state index in [1.54, 1.807) is 30.7 Å². The fourth-order valence-electron chi connectivity index (χ4n) is 1.24. The molecule has 2 N–H and O–H groups in total. The number of nitrogens with zero attached hydrogens (tertiary/aromatic N) is 1. The van der Waals surface area contributed by atoms with Crippen LogP contribution in [0.5, 0.6) is 0 Å².